The maximum atomic E-state index is 4.78. The van der Waals surface area contributed by atoms with Crippen LogP contribution in [0.4, 0.5) is 34.1 Å². The summed E-state index contributed by atoms with van der Waals surface area (Å²) in [7, 11) is 0. The minimum atomic E-state index is 0.0452. The summed E-state index contributed by atoms with van der Waals surface area (Å²) in [5.74, 6) is 0. The van der Waals surface area contributed by atoms with E-state index in [2.05, 4.69) is 160 Å². The second-order valence-electron chi connectivity index (χ2n) is 13.2. The van der Waals surface area contributed by atoms with Crippen LogP contribution >= 0.6 is 11.3 Å². The van der Waals surface area contributed by atoms with Gasteiger partial charge in [-0.1, -0.05) is 84.9 Å². The highest BCUT2D eigenvalue weighted by Gasteiger charge is 2.44. The van der Waals surface area contributed by atoms with Gasteiger partial charge in [-0.2, -0.15) is 0 Å². The van der Waals surface area contributed by atoms with Crippen molar-refractivity contribution in [1.29, 1.82) is 0 Å². The fourth-order valence-electron chi connectivity index (χ4n) is 8.98. The molecule has 0 radical (unpaired) electrons. The molecule has 6 heteroatoms. The monoisotopic (exact) mass is 640 g/mol. The van der Waals surface area contributed by atoms with Gasteiger partial charge in [-0.3, -0.25) is 0 Å². The van der Waals surface area contributed by atoms with Crippen LogP contribution in [0, 0.1) is 0 Å². The van der Waals surface area contributed by atoms with E-state index in [0.717, 1.165) is 16.9 Å². The molecule has 5 heterocycles. The first-order chi connectivity index (χ1) is 24.3. The van der Waals surface area contributed by atoms with Crippen LogP contribution in [0.25, 0.3) is 48.3 Å². The van der Waals surface area contributed by atoms with Crippen LogP contribution in [0.2, 0.25) is 0 Å². The van der Waals surface area contributed by atoms with Crippen molar-refractivity contribution in [1.82, 2.24) is 9.38 Å². The minimum Gasteiger partial charge on any atom is -0.311 e. The van der Waals surface area contributed by atoms with Crippen molar-refractivity contribution in [3.8, 4) is 0 Å². The summed E-state index contributed by atoms with van der Waals surface area (Å²) < 4.78 is 3.71. The molecule has 0 N–H and O–H groups in total. The lowest BCUT2D eigenvalue weighted by molar-refractivity contribution is 1.26. The Hall–Kier alpha value is -6.11. The Labute approximate surface area is 286 Å². The molecule has 0 spiro atoms. The molecule has 0 aliphatic carbocycles. The van der Waals surface area contributed by atoms with E-state index in [0.29, 0.717) is 0 Å². The zero-order chi connectivity index (χ0) is 31.8. The first-order valence-electron chi connectivity index (χ1n) is 16.8. The largest absolute Gasteiger partial charge is 0.311 e. The molecule has 0 fully saturated rings. The van der Waals surface area contributed by atoms with E-state index in [-0.39, 0.29) is 6.71 Å². The third kappa shape index (κ3) is 3.22. The van der Waals surface area contributed by atoms with Gasteiger partial charge in [-0.25, -0.2) is 4.98 Å². The molecule has 0 saturated carbocycles. The van der Waals surface area contributed by atoms with Gasteiger partial charge in [-0.05, 0) is 77.1 Å². The van der Waals surface area contributed by atoms with Crippen molar-refractivity contribution in [3.63, 3.8) is 0 Å². The van der Waals surface area contributed by atoms with E-state index in [9.17, 15) is 0 Å². The van der Waals surface area contributed by atoms with Crippen LogP contribution in [-0.2, 0) is 0 Å². The third-order valence-corrected chi connectivity index (χ3v) is 11.6. The maximum Gasteiger partial charge on any atom is 0.252 e. The number of rotatable bonds is 2. The van der Waals surface area contributed by atoms with Gasteiger partial charge in [0, 0.05) is 50.0 Å². The normalized spacial score (nSPS) is 13.6. The molecule has 10 aromatic rings. The molecule has 12 rings (SSSR count). The van der Waals surface area contributed by atoms with Crippen molar-refractivity contribution in [2.75, 3.05) is 9.80 Å². The van der Waals surface area contributed by atoms with E-state index < -0.39 is 0 Å². The average molecular weight is 641 g/mol. The molecule has 7 aromatic carbocycles. The van der Waals surface area contributed by atoms with Gasteiger partial charge in [0.05, 0.1) is 38.0 Å². The highest BCUT2D eigenvalue weighted by atomic mass is 32.1. The number of thiazole rings is 1. The first-order valence-corrected chi connectivity index (χ1v) is 17.6. The molecule has 0 unspecified atom stereocenters. The van der Waals surface area contributed by atoms with Crippen LogP contribution in [0.1, 0.15) is 0 Å². The van der Waals surface area contributed by atoms with Crippen molar-refractivity contribution in [2.24, 2.45) is 0 Å². The number of benzene rings is 7. The smallest absolute Gasteiger partial charge is 0.252 e. The van der Waals surface area contributed by atoms with Gasteiger partial charge >= 0.3 is 0 Å². The zero-order valence-electron chi connectivity index (χ0n) is 26.2. The summed E-state index contributed by atoms with van der Waals surface area (Å²) in [6, 6.07) is 53.8. The molecular formula is C43H25BN4S. The average Bonchev–Trinajstić information content (AvgIpc) is 3.86. The molecule has 0 bridgehead atoms. The Bertz CT molecular complexity index is 2970. The summed E-state index contributed by atoms with van der Waals surface area (Å²) >= 11 is 1.72. The number of hydrogen-bond acceptors (Lipinski definition) is 4. The Kier molecular flexibility index (Phi) is 4.91. The third-order valence-electron chi connectivity index (χ3n) is 10.8. The quantitative estimate of drug-likeness (QED) is 0.176. The van der Waals surface area contributed by atoms with Gasteiger partial charge in [0.25, 0.3) is 6.71 Å². The number of para-hydroxylation sites is 4. The zero-order valence-corrected chi connectivity index (χ0v) is 27.0. The van der Waals surface area contributed by atoms with Crippen LogP contribution in [-0.4, -0.2) is 16.1 Å². The van der Waals surface area contributed by atoms with Crippen LogP contribution in [0.15, 0.2) is 151 Å². The van der Waals surface area contributed by atoms with Gasteiger partial charge in [-0.15, -0.1) is 11.3 Å². The Morgan fingerprint density at radius 2 is 1.22 bits per heavy atom. The van der Waals surface area contributed by atoms with E-state index in [1.54, 1.807) is 11.3 Å². The standard InChI is InChI=1S/C43H25BN4S/c1-3-11-26(12-4-1)46-36-19-10-20-37-41(36)44(32-23-39-33(24-38(32)46)45-25-49-39)31-21-22-35-40(43(31)47(37)27-13-5-2-6-14-27)30-17-9-16-29-28-15-7-8-18-34(28)48(35)42(29)30/h1-25H. The lowest BCUT2D eigenvalue weighted by Crippen LogP contribution is -2.61. The predicted molar refractivity (Wildman–Crippen MR) is 208 cm³/mol. The van der Waals surface area contributed by atoms with Gasteiger partial charge < -0.3 is 14.2 Å². The lowest BCUT2D eigenvalue weighted by Gasteiger charge is -2.44. The highest BCUT2D eigenvalue weighted by molar-refractivity contribution is 7.17. The molecule has 0 atom stereocenters. The SMILES string of the molecule is c1ccc(N2c3cc4ncsc4cc3B3c4ccc5c(c4N(c4ccccc4)c4cccc2c43)c2cccc3c4ccccc4n5c32)cc1. The van der Waals surface area contributed by atoms with Crippen molar-refractivity contribution >= 4 is 117 Å². The molecule has 4 nitrogen and oxygen atoms in total. The second-order valence-corrected chi connectivity index (χ2v) is 14.1. The van der Waals surface area contributed by atoms with E-state index in [4.69, 9.17) is 4.98 Å². The molecule has 226 valence electrons. The van der Waals surface area contributed by atoms with E-state index >= 15 is 0 Å². The number of anilines is 6. The summed E-state index contributed by atoms with van der Waals surface area (Å²) in [4.78, 5) is 9.77. The number of aromatic nitrogens is 2. The van der Waals surface area contributed by atoms with Crippen molar-refractivity contribution in [2.45, 2.75) is 0 Å². The number of hydrogen-bond donors (Lipinski definition) is 0. The molecule has 2 aliphatic rings. The lowest BCUT2D eigenvalue weighted by atomic mass is 9.33. The summed E-state index contributed by atoms with van der Waals surface area (Å²) in [5.41, 5.74) is 18.0. The number of nitrogens with zero attached hydrogens (tertiary/aromatic N) is 4. The Morgan fingerprint density at radius 1 is 0.531 bits per heavy atom. The number of fused-ring (bicyclic) bond motifs is 12. The first kappa shape index (κ1) is 25.9. The molecule has 49 heavy (non-hydrogen) atoms. The minimum absolute atomic E-state index is 0.0452. The predicted octanol–water partition coefficient (Wildman–Crippen LogP) is 9.53. The molecule has 0 saturated heterocycles. The Morgan fingerprint density at radius 3 is 2.06 bits per heavy atom. The van der Waals surface area contributed by atoms with Crippen LogP contribution in [0.3, 0.4) is 0 Å². The van der Waals surface area contributed by atoms with Gasteiger partial charge in [0.15, 0.2) is 0 Å². The van der Waals surface area contributed by atoms with Gasteiger partial charge in [0.2, 0.25) is 0 Å². The maximum absolute atomic E-state index is 4.78. The topological polar surface area (TPSA) is 23.8 Å². The molecule has 0 amide bonds. The summed E-state index contributed by atoms with van der Waals surface area (Å²) in [6.45, 7) is 0.0452. The van der Waals surface area contributed by atoms with E-state index in [1.807, 2.05) is 5.51 Å². The molecule has 3 aromatic heterocycles. The van der Waals surface area contributed by atoms with E-state index in [1.165, 1.54) is 81.9 Å². The summed E-state index contributed by atoms with van der Waals surface area (Å²) in [5, 5.41) is 5.20. The van der Waals surface area contributed by atoms with Crippen LogP contribution < -0.4 is 26.2 Å². The highest BCUT2D eigenvalue weighted by Crippen LogP contribution is 2.49. The summed E-state index contributed by atoms with van der Waals surface area (Å²) in [6.07, 6.45) is 0. The Balaban J connectivity index is 1.27. The fourth-order valence-corrected chi connectivity index (χ4v) is 9.69. The van der Waals surface area contributed by atoms with Crippen molar-refractivity contribution < 1.29 is 0 Å². The van der Waals surface area contributed by atoms with Gasteiger partial charge in [0.1, 0.15) is 0 Å². The van der Waals surface area contributed by atoms with Crippen LogP contribution in [0.5, 0.6) is 0 Å². The van der Waals surface area contributed by atoms with Crippen molar-refractivity contribution in [3.05, 3.63) is 151 Å². The fraction of sp³-hybridized carbons (Fsp3) is 0. The molecular weight excluding hydrogens is 615 g/mol. The molecule has 2 aliphatic heterocycles. The second kappa shape index (κ2) is 9.28.